The number of thiocarbonyl (C=S) groups is 1. The summed E-state index contributed by atoms with van der Waals surface area (Å²) >= 11 is 7.04. The van der Waals surface area contributed by atoms with Crippen LogP contribution in [-0.4, -0.2) is 49.6 Å². The molecule has 1 saturated heterocycles. The van der Waals surface area contributed by atoms with E-state index < -0.39 is 28.2 Å². The van der Waals surface area contributed by atoms with Gasteiger partial charge in [0.05, 0.1) is 4.92 Å². The zero-order valence-electron chi connectivity index (χ0n) is 23.3. The number of benzene rings is 3. The molecule has 3 aromatic carbocycles. The molecule has 3 aromatic rings. The molecular weight excluding hydrogens is 574 g/mol. The molecule has 0 aromatic heterocycles. The fraction of sp³-hybridized carbons (Fsp3) is 0.226. The maximum atomic E-state index is 13.8. The van der Waals surface area contributed by atoms with E-state index in [0.717, 1.165) is 5.56 Å². The van der Waals surface area contributed by atoms with Crippen molar-refractivity contribution in [2.75, 3.05) is 10.7 Å². The SMILES string of the molecule is CC(=O)N(c1ccccc1)C1C(=O)N(C(C(=O)OCc2ccc([N+](=O)[O-])cc2)=C(C)C)C1SCC(=S)c1ccccc1. The number of nitro groups is 1. The summed E-state index contributed by atoms with van der Waals surface area (Å²) in [5, 5.41) is 10.3. The molecule has 2 atom stereocenters. The number of nitrogens with zero attached hydrogens (tertiary/aromatic N) is 3. The minimum absolute atomic E-state index is 0.0750. The highest BCUT2D eigenvalue weighted by atomic mass is 32.2. The van der Waals surface area contributed by atoms with Crippen LogP contribution in [0.1, 0.15) is 31.9 Å². The van der Waals surface area contributed by atoms with Gasteiger partial charge in [0.15, 0.2) is 0 Å². The van der Waals surface area contributed by atoms with Gasteiger partial charge in [0.1, 0.15) is 23.7 Å². The minimum atomic E-state index is -0.870. The van der Waals surface area contributed by atoms with Crippen LogP contribution in [0.3, 0.4) is 0 Å². The average molecular weight is 604 g/mol. The molecule has 4 rings (SSSR count). The smallest absolute Gasteiger partial charge is 0.355 e. The second-order valence-electron chi connectivity index (χ2n) is 9.72. The number of non-ortho nitro benzene ring substituents is 1. The number of amides is 2. The normalized spacial score (nSPS) is 15.8. The van der Waals surface area contributed by atoms with Crippen molar-refractivity contribution < 1.29 is 24.0 Å². The van der Waals surface area contributed by atoms with Crippen molar-refractivity contribution in [1.29, 1.82) is 0 Å². The predicted octanol–water partition coefficient (Wildman–Crippen LogP) is 5.67. The Morgan fingerprint density at radius 2 is 1.57 bits per heavy atom. The topological polar surface area (TPSA) is 110 Å². The van der Waals surface area contributed by atoms with E-state index in [1.54, 1.807) is 38.1 Å². The number of nitro benzene ring substituents is 1. The molecule has 1 aliphatic heterocycles. The lowest BCUT2D eigenvalue weighted by Crippen LogP contribution is -2.70. The Kier molecular flexibility index (Phi) is 9.87. The predicted molar refractivity (Wildman–Crippen MR) is 166 cm³/mol. The van der Waals surface area contributed by atoms with Gasteiger partial charge in [-0.2, -0.15) is 0 Å². The number of para-hydroxylation sites is 1. The van der Waals surface area contributed by atoms with Gasteiger partial charge in [-0.1, -0.05) is 60.7 Å². The number of allylic oxidation sites excluding steroid dienone is 1. The summed E-state index contributed by atoms with van der Waals surface area (Å²) in [6.07, 6.45) is 0. The van der Waals surface area contributed by atoms with Crippen molar-refractivity contribution in [3.05, 3.63) is 117 Å². The summed E-state index contributed by atoms with van der Waals surface area (Å²) in [5.74, 6) is -1.07. The quantitative estimate of drug-likeness (QED) is 0.0524. The first-order valence-electron chi connectivity index (χ1n) is 13.1. The van der Waals surface area contributed by atoms with E-state index >= 15 is 0 Å². The zero-order valence-corrected chi connectivity index (χ0v) is 24.9. The van der Waals surface area contributed by atoms with Crippen LogP contribution in [0.15, 0.2) is 96.2 Å². The molecule has 216 valence electrons. The largest absolute Gasteiger partial charge is 0.456 e. The van der Waals surface area contributed by atoms with Gasteiger partial charge < -0.3 is 4.74 Å². The van der Waals surface area contributed by atoms with E-state index in [0.29, 0.717) is 27.4 Å². The number of β-lactam (4-membered cyclic amide) rings is 1. The number of ether oxygens (including phenoxy) is 1. The fourth-order valence-corrected chi connectivity index (χ4v) is 6.17. The van der Waals surface area contributed by atoms with Gasteiger partial charge in [-0.25, -0.2) is 4.79 Å². The molecule has 11 heteroatoms. The van der Waals surface area contributed by atoms with E-state index in [-0.39, 0.29) is 23.9 Å². The Balaban J connectivity index is 1.61. The van der Waals surface area contributed by atoms with E-state index in [2.05, 4.69) is 0 Å². The van der Waals surface area contributed by atoms with Crippen LogP contribution in [0.4, 0.5) is 11.4 Å². The molecule has 42 heavy (non-hydrogen) atoms. The average Bonchev–Trinajstić information content (AvgIpc) is 2.99. The van der Waals surface area contributed by atoms with Crippen molar-refractivity contribution in [2.24, 2.45) is 0 Å². The van der Waals surface area contributed by atoms with Crippen molar-refractivity contribution in [3.8, 4) is 0 Å². The second kappa shape index (κ2) is 13.5. The van der Waals surface area contributed by atoms with Crippen molar-refractivity contribution in [2.45, 2.75) is 38.8 Å². The zero-order chi connectivity index (χ0) is 30.4. The van der Waals surface area contributed by atoms with E-state index in [1.807, 2.05) is 36.4 Å². The third-order valence-electron chi connectivity index (χ3n) is 6.57. The van der Waals surface area contributed by atoms with Crippen LogP contribution in [0, 0.1) is 10.1 Å². The summed E-state index contributed by atoms with van der Waals surface area (Å²) in [4.78, 5) is 54.0. The molecule has 1 fully saturated rings. The third kappa shape index (κ3) is 6.75. The van der Waals surface area contributed by atoms with Gasteiger partial charge in [-0.05, 0) is 54.8 Å². The van der Waals surface area contributed by atoms with Crippen LogP contribution >= 0.6 is 24.0 Å². The highest BCUT2D eigenvalue weighted by Crippen LogP contribution is 2.40. The van der Waals surface area contributed by atoms with Gasteiger partial charge in [0, 0.05) is 35.4 Å². The number of hydrogen-bond acceptors (Lipinski definition) is 8. The number of rotatable bonds is 11. The molecule has 0 radical (unpaired) electrons. The van der Waals surface area contributed by atoms with Crippen LogP contribution in [0.2, 0.25) is 0 Å². The summed E-state index contributed by atoms with van der Waals surface area (Å²) in [6, 6.07) is 23.2. The molecule has 1 aliphatic rings. The highest BCUT2D eigenvalue weighted by molar-refractivity contribution is 8.01. The van der Waals surface area contributed by atoms with Crippen molar-refractivity contribution in [3.63, 3.8) is 0 Å². The first kappa shape index (κ1) is 30.6. The Morgan fingerprint density at radius 1 is 0.976 bits per heavy atom. The third-order valence-corrected chi connectivity index (χ3v) is 8.40. The van der Waals surface area contributed by atoms with E-state index in [1.165, 1.54) is 52.8 Å². The van der Waals surface area contributed by atoms with Crippen molar-refractivity contribution in [1.82, 2.24) is 4.90 Å². The lowest BCUT2D eigenvalue weighted by molar-refractivity contribution is -0.384. The minimum Gasteiger partial charge on any atom is -0.456 e. The second-order valence-corrected chi connectivity index (χ2v) is 11.3. The molecule has 0 N–H and O–H groups in total. The highest BCUT2D eigenvalue weighted by Gasteiger charge is 2.55. The van der Waals surface area contributed by atoms with Crippen LogP contribution in [-0.2, 0) is 25.7 Å². The maximum absolute atomic E-state index is 13.8. The molecule has 0 saturated carbocycles. The molecule has 0 bridgehead atoms. The first-order valence-corrected chi connectivity index (χ1v) is 14.5. The lowest BCUT2D eigenvalue weighted by Gasteiger charge is -2.50. The summed E-state index contributed by atoms with van der Waals surface area (Å²) in [5.41, 5.74) is 2.57. The Morgan fingerprint density at radius 3 is 2.12 bits per heavy atom. The molecule has 9 nitrogen and oxygen atoms in total. The number of likely N-dealkylation sites (tertiary alicyclic amines) is 1. The summed E-state index contributed by atoms with van der Waals surface area (Å²) in [7, 11) is 0. The summed E-state index contributed by atoms with van der Waals surface area (Å²) < 4.78 is 5.55. The number of carbonyl (C=O) groups excluding carboxylic acids is 3. The van der Waals surface area contributed by atoms with Gasteiger partial charge in [-0.15, -0.1) is 11.8 Å². The van der Waals surface area contributed by atoms with Gasteiger partial charge in [-0.3, -0.25) is 29.5 Å². The molecule has 2 unspecified atom stereocenters. The van der Waals surface area contributed by atoms with E-state index in [9.17, 15) is 24.5 Å². The molecular formula is C31H29N3O6S2. The van der Waals surface area contributed by atoms with Gasteiger partial charge in [0.2, 0.25) is 5.91 Å². The summed E-state index contributed by atoms with van der Waals surface area (Å²) in [6.45, 7) is 4.68. The Labute approximate surface area is 253 Å². The molecule has 1 heterocycles. The van der Waals surface area contributed by atoms with Crippen LogP contribution < -0.4 is 4.90 Å². The van der Waals surface area contributed by atoms with Gasteiger partial charge in [0.25, 0.3) is 11.6 Å². The molecule has 0 aliphatic carbocycles. The lowest BCUT2D eigenvalue weighted by atomic mass is 10.0. The first-order chi connectivity index (χ1) is 20.1. The monoisotopic (exact) mass is 603 g/mol. The van der Waals surface area contributed by atoms with Crippen molar-refractivity contribution >= 4 is 58.0 Å². The fourth-order valence-electron chi connectivity index (χ4n) is 4.56. The van der Waals surface area contributed by atoms with E-state index in [4.69, 9.17) is 17.0 Å². The number of hydrogen-bond donors (Lipinski definition) is 0. The number of thioether (sulfide) groups is 1. The molecule has 2 amide bonds. The number of anilines is 1. The molecule has 0 spiro atoms. The number of carbonyl (C=O) groups is 3. The van der Waals surface area contributed by atoms with Crippen LogP contribution in [0.25, 0.3) is 0 Å². The van der Waals surface area contributed by atoms with Gasteiger partial charge >= 0.3 is 5.97 Å². The maximum Gasteiger partial charge on any atom is 0.355 e. The standard InChI is InChI=1S/C31H29N3O6S2/c1-20(2)27(31(37)40-18-22-14-16-25(17-15-22)34(38)39)33-29(36)28(32(21(3)35)24-12-8-5-9-13-24)30(33)42-19-26(41)23-10-6-4-7-11-23/h4-17,28,30H,18-19H2,1-3H3. The Hall–Kier alpha value is -4.35. The number of esters is 1. The van der Waals surface area contributed by atoms with Crippen LogP contribution in [0.5, 0.6) is 0 Å². The Bertz CT molecular complexity index is 1520.